The second kappa shape index (κ2) is 12.0. The van der Waals surface area contributed by atoms with Crippen LogP contribution in [0.15, 0.2) is 29.2 Å². The van der Waals surface area contributed by atoms with E-state index >= 15 is 0 Å². The molecule has 2 aliphatic rings. The van der Waals surface area contributed by atoms with Gasteiger partial charge in [-0.15, -0.1) is 0 Å². The average molecular weight is 467 g/mol. The predicted octanol–water partition coefficient (Wildman–Crippen LogP) is 1.77. The first-order chi connectivity index (χ1) is 15.4. The van der Waals surface area contributed by atoms with E-state index in [9.17, 15) is 13.2 Å². The van der Waals surface area contributed by atoms with Crippen LogP contribution in [0.2, 0.25) is 0 Å². The van der Waals surface area contributed by atoms with Crippen molar-refractivity contribution in [3.8, 4) is 5.75 Å². The Balaban J connectivity index is 1.71. The van der Waals surface area contributed by atoms with Crippen molar-refractivity contribution in [1.29, 1.82) is 0 Å². The molecule has 1 aromatic rings. The molecule has 9 heteroatoms. The van der Waals surface area contributed by atoms with Gasteiger partial charge in [-0.25, -0.2) is 8.42 Å². The fourth-order valence-electron chi connectivity index (χ4n) is 4.40. The number of hydrogen-bond acceptors (Lipinski definition) is 6. The zero-order valence-electron chi connectivity index (χ0n) is 19.5. The summed E-state index contributed by atoms with van der Waals surface area (Å²) in [6.45, 7) is 9.81. The molecule has 0 saturated carbocycles. The zero-order chi connectivity index (χ0) is 23.0. The van der Waals surface area contributed by atoms with Gasteiger partial charge in [-0.05, 0) is 57.5 Å². The number of likely N-dealkylation sites (tertiary alicyclic amines) is 1. The monoisotopic (exact) mass is 466 g/mol. The summed E-state index contributed by atoms with van der Waals surface area (Å²) in [5.41, 5.74) is 0. The van der Waals surface area contributed by atoms with Crippen LogP contribution in [0.25, 0.3) is 0 Å². The lowest BCUT2D eigenvalue weighted by Gasteiger charge is -2.35. The number of nitrogens with one attached hydrogen (secondary N) is 1. The molecular formula is C23H38N4O4S. The molecule has 3 rings (SSSR count). The van der Waals surface area contributed by atoms with Gasteiger partial charge in [0.25, 0.3) is 0 Å². The van der Waals surface area contributed by atoms with E-state index in [2.05, 4.69) is 17.1 Å². The van der Waals surface area contributed by atoms with Gasteiger partial charge in [-0.3, -0.25) is 9.69 Å². The van der Waals surface area contributed by atoms with E-state index in [4.69, 9.17) is 4.74 Å². The smallest absolute Gasteiger partial charge is 0.243 e. The van der Waals surface area contributed by atoms with Crippen molar-refractivity contribution < 1.29 is 17.9 Å². The Morgan fingerprint density at radius 1 is 1.12 bits per heavy atom. The Kier molecular flexibility index (Phi) is 9.34. The number of piperidine rings is 1. The van der Waals surface area contributed by atoms with Crippen molar-refractivity contribution in [1.82, 2.24) is 19.4 Å². The molecule has 0 unspecified atom stereocenters. The molecule has 1 amide bonds. The quantitative estimate of drug-likeness (QED) is 0.566. The van der Waals surface area contributed by atoms with Gasteiger partial charge in [0.05, 0.1) is 11.5 Å². The van der Waals surface area contributed by atoms with Crippen molar-refractivity contribution in [2.75, 3.05) is 59.0 Å². The Bertz CT molecular complexity index is 825. The van der Waals surface area contributed by atoms with Gasteiger partial charge >= 0.3 is 0 Å². The molecule has 1 aromatic carbocycles. The first-order valence-electron chi connectivity index (χ1n) is 11.9. The highest BCUT2D eigenvalue weighted by Gasteiger charge is 2.28. The summed E-state index contributed by atoms with van der Waals surface area (Å²) in [4.78, 5) is 17.1. The van der Waals surface area contributed by atoms with E-state index in [1.54, 1.807) is 24.3 Å². The van der Waals surface area contributed by atoms with Crippen LogP contribution < -0.4 is 10.1 Å². The fraction of sp³-hybridized carbons (Fsp3) is 0.696. The Morgan fingerprint density at radius 2 is 1.84 bits per heavy atom. The van der Waals surface area contributed by atoms with Crippen molar-refractivity contribution >= 4 is 15.9 Å². The number of amides is 1. The minimum Gasteiger partial charge on any atom is -0.494 e. The molecule has 0 aromatic heterocycles. The SMILES string of the molecule is CCOc1ccc(S(=O)(=O)N(CCC(=O)N2CCNCC2)CCN2CCCC[C@H]2C)cc1. The lowest BCUT2D eigenvalue weighted by molar-refractivity contribution is -0.131. The molecule has 2 fully saturated rings. The third-order valence-electron chi connectivity index (χ3n) is 6.39. The van der Waals surface area contributed by atoms with Crippen molar-refractivity contribution in [3.05, 3.63) is 24.3 Å². The maximum Gasteiger partial charge on any atom is 0.243 e. The summed E-state index contributed by atoms with van der Waals surface area (Å²) >= 11 is 0. The summed E-state index contributed by atoms with van der Waals surface area (Å²) in [5, 5.41) is 3.24. The fourth-order valence-corrected chi connectivity index (χ4v) is 5.83. The minimum absolute atomic E-state index is 0.0183. The van der Waals surface area contributed by atoms with Gasteiger partial charge in [0.1, 0.15) is 5.75 Å². The van der Waals surface area contributed by atoms with Gasteiger partial charge in [0, 0.05) is 58.3 Å². The van der Waals surface area contributed by atoms with E-state index in [1.807, 2.05) is 11.8 Å². The highest BCUT2D eigenvalue weighted by molar-refractivity contribution is 7.89. The van der Waals surface area contributed by atoms with Crippen LogP contribution in [-0.2, 0) is 14.8 Å². The van der Waals surface area contributed by atoms with Gasteiger partial charge < -0.3 is 15.0 Å². The lowest BCUT2D eigenvalue weighted by atomic mass is 10.0. The number of rotatable bonds is 10. The topological polar surface area (TPSA) is 82.2 Å². The molecule has 2 saturated heterocycles. The molecule has 0 bridgehead atoms. The number of piperazine rings is 1. The van der Waals surface area contributed by atoms with Crippen LogP contribution in [0.4, 0.5) is 0 Å². The Labute approximate surface area is 192 Å². The van der Waals surface area contributed by atoms with E-state index < -0.39 is 10.0 Å². The van der Waals surface area contributed by atoms with Gasteiger partial charge in [-0.2, -0.15) is 4.31 Å². The molecule has 1 atom stereocenters. The second-order valence-corrected chi connectivity index (χ2v) is 10.5. The summed E-state index contributed by atoms with van der Waals surface area (Å²) in [7, 11) is -3.71. The van der Waals surface area contributed by atoms with E-state index in [0.29, 0.717) is 44.6 Å². The largest absolute Gasteiger partial charge is 0.494 e. The zero-order valence-corrected chi connectivity index (χ0v) is 20.3. The highest BCUT2D eigenvalue weighted by atomic mass is 32.2. The molecule has 0 radical (unpaired) electrons. The number of carbonyl (C=O) groups is 1. The van der Waals surface area contributed by atoms with Crippen LogP contribution in [-0.4, -0.2) is 93.4 Å². The van der Waals surface area contributed by atoms with Crippen molar-refractivity contribution in [2.45, 2.75) is 50.5 Å². The highest BCUT2D eigenvalue weighted by Crippen LogP contribution is 2.21. The minimum atomic E-state index is -3.71. The number of hydrogen-bond donors (Lipinski definition) is 1. The first-order valence-corrected chi connectivity index (χ1v) is 13.3. The summed E-state index contributed by atoms with van der Waals surface area (Å²) in [6, 6.07) is 7.02. The molecule has 1 N–H and O–H groups in total. The standard InChI is InChI=1S/C23H38N4O4S/c1-3-31-21-7-9-22(10-8-21)32(29,30)27(19-18-25-14-5-4-6-20(25)2)15-11-23(28)26-16-12-24-13-17-26/h7-10,20,24H,3-6,11-19H2,1-2H3/t20-/m1/s1. The predicted molar refractivity (Wildman–Crippen MR) is 125 cm³/mol. The van der Waals surface area contributed by atoms with Gasteiger partial charge in [0.15, 0.2) is 0 Å². The maximum absolute atomic E-state index is 13.5. The van der Waals surface area contributed by atoms with E-state index in [-0.39, 0.29) is 23.8 Å². The summed E-state index contributed by atoms with van der Waals surface area (Å²) in [5.74, 6) is 0.666. The van der Waals surface area contributed by atoms with Crippen LogP contribution in [0.3, 0.4) is 0 Å². The number of benzene rings is 1. The summed E-state index contributed by atoms with van der Waals surface area (Å²) < 4.78 is 33.9. The molecule has 32 heavy (non-hydrogen) atoms. The van der Waals surface area contributed by atoms with E-state index in [1.165, 1.54) is 10.7 Å². The second-order valence-electron chi connectivity index (χ2n) is 8.57. The van der Waals surface area contributed by atoms with Crippen molar-refractivity contribution in [2.24, 2.45) is 0 Å². The maximum atomic E-state index is 13.5. The molecule has 0 spiro atoms. The Morgan fingerprint density at radius 3 is 2.50 bits per heavy atom. The molecule has 2 aliphatic heterocycles. The lowest BCUT2D eigenvalue weighted by Crippen LogP contribution is -2.48. The van der Waals surface area contributed by atoms with Crippen LogP contribution in [0.5, 0.6) is 5.75 Å². The van der Waals surface area contributed by atoms with Crippen molar-refractivity contribution in [3.63, 3.8) is 0 Å². The normalized spacial score (nSPS) is 20.5. The molecule has 0 aliphatic carbocycles. The van der Waals surface area contributed by atoms with Crippen LogP contribution in [0.1, 0.15) is 39.5 Å². The van der Waals surface area contributed by atoms with Gasteiger partial charge in [-0.1, -0.05) is 6.42 Å². The molecule has 180 valence electrons. The third-order valence-corrected chi connectivity index (χ3v) is 8.31. The number of carbonyl (C=O) groups excluding carboxylic acids is 1. The summed E-state index contributed by atoms with van der Waals surface area (Å²) in [6.07, 6.45) is 3.72. The molecule has 2 heterocycles. The number of nitrogens with zero attached hydrogens (tertiary/aromatic N) is 3. The third kappa shape index (κ3) is 6.66. The van der Waals surface area contributed by atoms with Crippen LogP contribution in [0, 0.1) is 0 Å². The number of sulfonamides is 1. The average Bonchev–Trinajstić information content (AvgIpc) is 2.81. The first kappa shape index (κ1) is 25.0. The Hall–Kier alpha value is -1.68. The van der Waals surface area contributed by atoms with Crippen LogP contribution >= 0.6 is 0 Å². The van der Waals surface area contributed by atoms with E-state index in [0.717, 1.165) is 32.5 Å². The molecule has 8 nitrogen and oxygen atoms in total. The van der Waals surface area contributed by atoms with Gasteiger partial charge in [0.2, 0.25) is 15.9 Å². The molecular weight excluding hydrogens is 428 g/mol. The number of ether oxygens (including phenoxy) is 1.